The second-order valence-electron chi connectivity index (χ2n) is 6.36. The molecule has 1 aromatic carbocycles. The van der Waals surface area contributed by atoms with E-state index in [9.17, 15) is 9.59 Å². The third kappa shape index (κ3) is 4.04. The second kappa shape index (κ2) is 7.81. The number of aryl methyl sites for hydroxylation is 1. The topological polar surface area (TPSA) is 102 Å². The molecule has 142 valence electrons. The van der Waals surface area contributed by atoms with Gasteiger partial charge in [0, 0.05) is 11.4 Å². The van der Waals surface area contributed by atoms with Crippen LogP contribution in [0.5, 0.6) is 0 Å². The molecule has 4 rings (SSSR count). The normalized spacial score (nSPS) is 15.6. The number of hydrogen-bond acceptors (Lipinski definition) is 6. The lowest BCUT2D eigenvalue weighted by atomic mass is 10.1. The summed E-state index contributed by atoms with van der Waals surface area (Å²) in [7, 11) is 0. The van der Waals surface area contributed by atoms with Gasteiger partial charge in [0.05, 0.1) is 6.42 Å². The highest BCUT2D eigenvalue weighted by Gasteiger charge is 2.33. The maximum atomic E-state index is 12.7. The Kier molecular flexibility index (Phi) is 5.07. The first-order valence-electron chi connectivity index (χ1n) is 8.76. The van der Waals surface area contributed by atoms with Gasteiger partial charge in [-0.2, -0.15) is 4.98 Å². The fraction of sp³-hybridized carbons (Fsp3) is 0.211. The van der Waals surface area contributed by atoms with Crippen molar-refractivity contribution in [1.82, 2.24) is 19.7 Å². The second-order valence-corrected chi connectivity index (χ2v) is 7.30. The molecule has 9 heteroatoms. The maximum Gasteiger partial charge on any atom is 0.251 e. The zero-order valence-corrected chi connectivity index (χ0v) is 15.9. The minimum absolute atomic E-state index is 0.00317. The molecular formula is C19H18N6O2S. The molecule has 0 aliphatic carbocycles. The van der Waals surface area contributed by atoms with Crippen LogP contribution in [0.15, 0.2) is 53.7 Å². The van der Waals surface area contributed by atoms with Crippen molar-refractivity contribution in [3.63, 3.8) is 0 Å². The summed E-state index contributed by atoms with van der Waals surface area (Å²) in [5.74, 6) is 0.804. The molecule has 0 bridgehead atoms. The highest BCUT2D eigenvalue weighted by molar-refractivity contribution is 7.98. The number of benzene rings is 1. The Balaban J connectivity index is 1.52. The summed E-state index contributed by atoms with van der Waals surface area (Å²) in [6, 6.07) is 14.5. The number of nitrogens with one attached hydrogen (secondary N) is 2. The standard InChI is InChI=1S/C19H18N6O2S/c1-12-6-5-9-15(20-12)21-17(27)14-10-16(26)22-18-23-19(24-25(14)18)28-11-13-7-3-2-4-8-13/h2-9,14H,10-11H2,1H3,(H,20,21,27)(H,22,23,24,26). The van der Waals surface area contributed by atoms with Gasteiger partial charge in [-0.3, -0.25) is 14.9 Å². The molecule has 0 radical (unpaired) electrons. The smallest absolute Gasteiger partial charge is 0.251 e. The Morgan fingerprint density at radius 3 is 2.82 bits per heavy atom. The molecule has 3 heterocycles. The van der Waals surface area contributed by atoms with E-state index in [1.165, 1.54) is 16.4 Å². The van der Waals surface area contributed by atoms with Crippen LogP contribution >= 0.6 is 11.8 Å². The monoisotopic (exact) mass is 394 g/mol. The summed E-state index contributed by atoms with van der Waals surface area (Å²) >= 11 is 1.45. The summed E-state index contributed by atoms with van der Waals surface area (Å²) in [6.07, 6.45) is -0.00317. The summed E-state index contributed by atoms with van der Waals surface area (Å²) in [4.78, 5) is 33.4. The first-order chi connectivity index (χ1) is 13.6. The quantitative estimate of drug-likeness (QED) is 0.645. The minimum atomic E-state index is -0.773. The van der Waals surface area contributed by atoms with Crippen LogP contribution in [0.1, 0.15) is 23.7 Å². The molecule has 3 aromatic rings. The first kappa shape index (κ1) is 18.2. The number of pyridine rings is 1. The number of anilines is 2. The average Bonchev–Trinajstić information content (AvgIpc) is 3.09. The number of thioether (sulfide) groups is 1. The molecule has 2 amide bonds. The summed E-state index contributed by atoms with van der Waals surface area (Å²) < 4.78 is 1.47. The van der Waals surface area contributed by atoms with Crippen LogP contribution in [0.2, 0.25) is 0 Å². The van der Waals surface area contributed by atoms with Crippen molar-refractivity contribution in [2.75, 3.05) is 10.6 Å². The van der Waals surface area contributed by atoms with Crippen LogP contribution in [0.25, 0.3) is 0 Å². The van der Waals surface area contributed by atoms with Crippen LogP contribution < -0.4 is 10.6 Å². The van der Waals surface area contributed by atoms with Crippen molar-refractivity contribution in [3.05, 3.63) is 59.8 Å². The van der Waals surface area contributed by atoms with Crippen molar-refractivity contribution in [3.8, 4) is 0 Å². The third-order valence-corrected chi connectivity index (χ3v) is 5.10. The Bertz CT molecular complexity index is 1020. The van der Waals surface area contributed by atoms with E-state index in [0.29, 0.717) is 16.7 Å². The molecule has 0 fully saturated rings. The molecule has 2 N–H and O–H groups in total. The molecule has 28 heavy (non-hydrogen) atoms. The Labute approximate surface area is 165 Å². The van der Waals surface area contributed by atoms with Gasteiger partial charge in [-0.1, -0.05) is 48.2 Å². The van der Waals surface area contributed by atoms with E-state index in [2.05, 4.69) is 25.7 Å². The average molecular weight is 394 g/mol. The van der Waals surface area contributed by atoms with E-state index in [1.54, 1.807) is 6.07 Å². The molecule has 2 aromatic heterocycles. The summed E-state index contributed by atoms with van der Waals surface area (Å²) in [5.41, 5.74) is 1.93. The van der Waals surface area contributed by atoms with Crippen LogP contribution in [0, 0.1) is 6.92 Å². The van der Waals surface area contributed by atoms with Gasteiger partial charge in [0.25, 0.3) is 5.91 Å². The van der Waals surface area contributed by atoms with Crippen LogP contribution in [-0.4, -0.2) is 31.6 Å². The van der Waals surface area contributed by atoms with Crippen LogP contribution in [0.4, 0.5) is 11.8 Å². The van der Waals surface area contributed by atoms with Crippen molar-refractivity contribution >= 4 is 35.3 Å². The van der Waals surface area contributed by atoms with Gasteiger partial charge in [-0.25, -0.2) is 9.67 Å². The van der Waals surface area contributed by atoms with E-state index in [4.69, 9.17) is 0 Å². The fourth-order valence-electron chi connectivity index (χ4n) is 2.85. The molecule has 1 aliphatic heterocycles. The van der Waals surface area contributed by atoms with Gasteiger partial charge in [0.1, 0.15) is 11.9 Å². The van der Waals surface area contributed by atoms with E-state index in [1.807, 2.05) is 49.4 Å². The predicted molar refractivity (Wildman–Crippen MR) is 106 cm³/mol. The van der Waals surface area contributed by atoms with Crippen molar-refractivity contribution in [2.24, 2.45) is 0 Å². The van der Waals surface area contributed by atoms with E-state index in [0.717, 1.165) is 11.3 Å². The van der Waals surface area contributed by atoms with E-state index < -0.39 is 6.04 Å². The fourth-order valence-corrected chi connectivity index (χ4v) is 3.64. The number of aromatic nitrogens is 4. The van der Waals surface area contributed by atoms with Crippen LogP contribution in [0.3, 0.4) is 0 Å². The zero-order valence-electron chi connectivity index (χ0n) is 15.1. The number of fused-ring (bicyclic) bond motifs is 1. The number of nitrogens with zero attached hydrogens (tertiary/aromatic N) is 4. The number of amides is 2. The van der Waals surface area contributed by atoms with Gasteiger partial charge >= 0.3 is 0 Å². The molecule has 0 spiro atoms. The largest absolute Gasteiger partial charge is 0.309 e. The van der Waals surface area contributed by atoms with Gasteiger partial charge < -0.3 is 5.32 Å². The number of rotatable bonds is 5. The molecule has 1 aliphatic rings. The van der Waals surface area contributed by atoms with Gasteiger partial charge in [-0.15, -0.1) is 5.10 Å². The maximum absolute atomic E-state index is 12.7. The van der Waals surface area contributed by atoms with Crippen molar-refractivity contribution in [1.29, 1.82) is 0 Å². The lowest BCUT2D eigenvalue weighted by Gasteiger charge is -2.22. The predicted octanol–water partition coefficient (Wildman–Crippen LogP) is 2.80. The molecular weight excluding hydrogens is 376 g/mol. The molecule has 0 saturated heterocycles. The first-order valence-corrected chi connectivity index (χ1v) is 9.75. The molecule has 1 unspecified atom stereocenters. The number of carbonyl (C=O) groups excluding carboxylic acids is 2. The van der Waals surface area contributed by atoms with Crippen molar-refractivity contribution < 1.29 is 9.59 Å². The zero-order chi connectivity index (χ0) is 19.5. The van der Waals surface area contributed by atoms with Crippen LogP contribution in [-0.2, 0) is 15.3 Å². The highest BCUT2D eigenvalue weighted by atomic mass is 32.2. The molecule has 8 nitrogen and oxygen atoms in total. The van der Waals surface area contributed by atoms with E-state index >= 15 is 0 Å². The summed E-state index contributed by atoms with van der Waals surface area (Å²) in [6.45, 7) is 1.84. The Morgan fingerprint density at radius 1 is 1.21 bits per heavy atom. The van der Waals surface area contributed by atoms with Gasteiger partial charge in [0.15, 0.2) is 0 Å². The molecule has 1 atom stereocenters. The third-order valence-electron chi connectivity index (χ3n) is 4.19. The SMILES string of the molecule is Cc1cccc(NC(=O)C2CC(=O)Nc3nc(SCc4ccccc4)nn32)n1. The lowest BCUT2D eigenvalue weighted by molar-refractivity contribution is -0.125. The summed E-state index contributed by atoms with van der Waals surface area (Å²) in [5, 5.41) is 10.4. The van der Waals surface area contributed by atoms with E-state index in [-0.39, 0.29) is 24.2 Å². The Morgan fingerprint density at radius 2 is 2.04 bits per heavy atom. The molecule has 0 saturated carbocycles. The van der Waals surface area contributed by atoms with Crippen molar-refractivity contribution in [2.45, 2.75) is 30.3 Å². The van der Waals surface area contributed by atoms with Gasteiger partial charge in [0.2, 0.25) is 17.0 Å². The number of hydrogen-bond donors (Lipinski definition) is 2. The van der Waals surface area contributed by atoms with Gasteiger partial charge in [-0.05, 0) is 24.6 Å². The highest BCUT2D eigenvalue weighted by Crippen LogP contribution is 2.28. The minimum Gasteiger partial charge on any atom is -0.309 e. The lowest BCUT2D eigenvalue weighted by Crippen LogP contribution is -2.36. The number of carbonyl (C=O) groups is 2. The Hall–Kier alpha value is -3.20.